The van der Waals surface area contributed by atoms with Crippen LogP contribution in [0.1, 0.15) is 0 Å². The molecule has 28 heavy (non-hydrogen) atoms. The zero-order valence-corrected chi connectivity index (χ0v) is 16.0. The predicted molar refractivity (Wildman–Crippen MR) is 101 cm³/mol. The van der Waals surface area contributed by atoms with Crippen LogP contribution in [0.4, 0.5) is 0 Å². The Bertz CT molecular complexity index is 934. The minimum atomic E-state index is -0.130. The fraction of sp³-hybridized carbons (Fsp3) is 0.316. The van der Waals surface area contributed by atoms with Gasteiger partial charge in [0.1, 0.15) is 12.2 Å². The highest BCUT2D eigenvalue weighted by atomic mass is 16.5. The molecule has 3 rings (SSSR count). The van der Waals surface area contributed by atoms with E-state index in [-0.39, 0.29) is 12.5 Å². The summed E-state index contributed by atoms with van der Waals surface area (Å²) < 4.78 is 22.6. The molecule has 2 aromatic heterocycles. The number of hydrogen-bond acceptors (Lipinski definition) is 7. The van der Waals surface area contributed by atoms with Gasteiger partial charge >= 0.3 is 0 Å². The summed E-state index contributed by atoms with van der Waals surface area (Å²) in [7, 11) is 4.72. The number of methoxy groups -OCH3 is 3. The maximum atomic E-state index is 12.0. The summed E-state index contributed by atoms with van der Waals surface area (Å²) in [6, 6.07) is 9.00. The summed E-state index contributed by atoms with van der Waals surface area (Å²) in [5, 5.41) is 6.82. The summed E-state index contributed by atoms with van der Waals surface area (Å²) in [6.07, 6.45) is 1.78. The lowest BCUT2D eigenvalue weighted by molar-refractivity contribution is -0.121. The van der Waals surface area contributed by atoms with E-state index in [0.717, 1.165) is 5.56 Å². The predicted octanol–water partition coefficient (Wildman–Crippen LogP) is 1.98. The Morgan fingerprint density at radius 3 is 2.75 bits per heavy atom. The third kappa shape index (κ3) is 4.32. The van der Waals surface area contributed by atoms with E-state index in [2.05, 4.69) is 15.5 Å². The summed E-state index contributed by atoms with van der Waals surface area (Å²) in [4.78, 5) is 16.5. The van der Waals surface area contributed by atoms with Gasteiger partial charge in [0.2, 0.25) is 11.7 Å². The molecular formula is C19H22N4O5. The fourth-order valence-corrected chi connectivity index (χ4v) is 2.67. The van der Waals surface area contributed by atoms with Crippen LogP contribution in [0.25, 0.3) is 23.0 Å². The molecule has 3 aromatic rings. The Kier molecular flexibility index (Phi) is 6.28. The van der Waals surface area contributed by atoms with Crippen molar-refractivity contribution in [1.82, 2.24) is 20.0 Å². The van der Waals surface area contributed by atoms with Crippen molar-refractivity contribution in [1.29, 1.82) is 0 Å². The van der Waals surface area contributed by atoms with Crippen molar-refractivity contribution in [2.45, 2.75) is 6.54 Å². The van der Waals surface area contributed by atoms with Gasteiger partial charge < -0.3 is 28.6 Å². The monoisotopic (exact) mass is 386 g/mol. The van der Waals surface area contributed by atoms with Gasteiger partial charge in [0.05, 0.1) is 20.8 Å². The van der Waals surface area contributed by atoms with E-state index in [4.69, 9.17) is 18.7 Å². The van der Waals surface area contributed by atoms with Gasteiger partial charge in [-0.2, -0.15) is 4.98 Å². The first-order valence-corrected chi connectivity index (χ1v) is 8.63. The summed E-state index contributed by atoms with van der Waals surface area (Å²) in [6.45, 7) is 1.05. The molecule has 9 heteroatoms. The van der Waals surface area contributed by atoms with Crippen LogP contribution < -0.4 is 14.8 Å². The lowest BCUT2D eigenvalue weighted by Crippen LogP contribution is -2.30. The SMILES string of the molecule is COCCNC(=O)Cn1cccc1-c1nc(-c2ccc(OC)c(OC)c2)no1. The smallest absolute Gasteiger partial charge is 0.274 e. The van der Waals surface area contributed by atoms with Crippen molar-refractivity contribution in [3.05, 3.63) is 36.5 Å². The molecule has 0 atom stereocenters. The van der Waals surface area contributed by atoms with Crippen LogP contribution in [0.5, 0.6) is 11.5 Å². The molecule has 2 heterocycles. The topological polar surface area (TPSA) is 101 Å². The van der Waals surface area contributed by atoms with Crippen molar-refractivity contribution >= 4 is 5.91 Å². The molecule has 0 saturated heterocycles. The maximum absolute atomic E-state index is 12.0. The normalized spacial score (nSPS) is 10.7. The number of hydrogen-bond donors (Lipinski definition) is 1. The number of ether oxygens (including phenoxy) is 3. The molecule has 0 aliphatic rings. The van der Waals surface area contributed by atoms with E-state index < -0.39 is 0 Å². The molecule has 1 N–H and O–H groups in total. The van der Waals surface area contributed by atoms with Crippen LogP contribution in [0.15, 0.2) is 41.1 Å². The lowest BCUT2D eigenvalue weighted by Gasteiger charge is -2.08. The second kappa shape index (κ2) is 9.05. The first-order chi connectivity index (χ1) is 13.7. The quantitative estimate of drug-likeness (QED) is 0.561. The van der Waals surface area contributed by atoms with Crippen molar-refractivity contribution < 1.29 is 23.5 Å². The second-order valence-electron chi connectivity index (χ2n) is 5.86. The number of carbonyl (C=O) groups excluding carboxylic acids is 1. The Hall–Kier alpha value is -3.33. The molecule has 0 aliphatic heterocycles. The highest BCUT2D eigenvalue weighted by Gasteiger charge is 2.16. The number of nitrogens with zero attached hydrogens (tertiary/aromatic N) is 3. The highest BCUT2D eigenvalue weighted by molar-refractivity contribution is 5.76. The van der Waals surface area contributed by atoms with Crippen LogP contribution in [0, 0.1) is 0 Å². The number of rotatable bonds is 9. The molecule has 0 spiro atoms. The van der Waals surface area contributed by atoms with E-state index >= 15 is 0 Å². The number of nitrogens with one attached hydrogen (secondary N) is 1. The standard InChI is InChI=1S/C19H22N4O5/c1-25-10-8-20-17(24)12-23-9-4-5-14(23)19-21-18(22-28-19)13-6-7-15(26-2)16(11-13)27-3/h4-7,9,11H,8,10,12H2,1-3H3,(H,20,24). The van der Waals surface area contributed by atoms with E-state index in [1.54, 1.807) is 44.2 Å². The Morgan fingerprint density at radius 1 is 1.18 bits per heavy atom. The number of carbonyl (C=O) groups is 1. The molecule has 1 aromatic carbocycles. The molecule has 0 unspecified atom stereocenters. The van der Waals surface area contributed by atoms with Gasteiger partial charge in [-0.3, -0.25) is 4.79 Å². The van der Waals surface area contributed by atoms with Gasteiger partial charge in [0.15, 0.2) is 11.5 Å². The van der Waals surface area contributed by atoms with Gasteiger partial charge in [-0.15, -0.1) is 0 Å². The average Bonchev–Trinajstić information content (AvgIpc) is 3.37. The Morgan fingerprint density at radius 2 is 2.00 bits per heavy atom. The zero-order chi connectivity index (χ0) is 19.9. The minimum absolute atomic E-state index is 0.130. The minimum Gasteiger partial charge on any atom is -0.493 e. The molecule has 0 fully saturated rings. The van der Waals surface area contributed by atoms with E-state index in [1.165, 1.54) is 0 Å². The molecule has 0 radical (unpaired) electrons. The van der Waals surface area contributed by atoms with E-state index in [9.17, 15) is 4.79 Å². The van der Waals surface area contributed by atoms with Crippen LogP contribution in [0.2, 0.25) is 0 Å². The third-order valence-corrected chi connectivity index (χ3v) is 4.06. The van der Waals surface area contributed by atoms with Crippen molar-refractivity contribution in [2.24, 2.45) is 0 Å². The third-order valence-electron chi connectivity index (χ3n) is 4.06. The number of benzene rings is 1. The van der Waals surface area contributed by atoms with Gasteiger partial charge in [-0.25, -0.2) is 0 Å². The molecule has 0 aliphatic carbocycles. The average molecular weight is 386 g/mol. The molecular weight excluding hydrogens is 364 g/mol. The van der Waals surface area contributed by atoms with Crippen molar-refractivity contribution in [2.75, 3.05) is 34.5 Å². The van der Waals surface area contributed by atoms with Crippen LogP contribution in [0.3, 0.4) is 0 Å². The molecule has 1 amide bonds. The van der Waals surface area contributed by atoms with E-state index in [0.29, 0.717) is 42.1 Å². The first kappa shape index (κ1) is 19.4. The summed E-state index contributed by atoms with van der Waals surface area (Å²) >= 11 is 0. The lowest BCUT2D eigenvalue weighted by atomic mass is 10.2. The zero-order valence-electron chi connectivity index (χ0n) is 16.0. The summed E-state index contributed by atoms with van der Waals surface area (Å²) in [5.41, 5.74) is 1.38. The van der Waals surface area contributed by atoms with Gasteiger partial charge in [0, 0.05) is 25.4 Å². The molecule has 0 saturated carbocycles. The van der Waals surface area contributed by atoms with Gasteiger partial charge in [-0.05, 0) is 30.3 Å². The largest absolute Gasteiger partial charge is 0.493 e. The Labute approximate surface area is 162 Å². The highest BCUT2D eigenvalue weighted by Crippen LogP contribution is 2.32. The van der Waals surface area contributed by atoms with Gasteiger partial charge in [-0.1, -0.05) is 5.16 Å². The number of aromatic nitrogens is 3. The summed E-state index contributed by atoms with van der Waals surface area (Å²) in [5.74, 6) is 1.78. The van der Waals surface area contributed by atoms with Crippen molar-refractivity contribution in [3.8, 4) is 34.5 Å². The van der Waals surface area contributed by atoms with Gasteiger partial charge in [0.25, 0.3) is 5.89 Å². The van der Waals surface area contributed by atoms with Crippen molar-refractivity contribution in [3.63, 3.8) is 0 Å². The number of amides is 1. The van der Waals surface area contributed by atoms with Crippen LogP contribution in [-0.4, -0.2) is 55.1 Å². The molecule has 0 bridgehead atoms. The first-order valence-electron chi connectivity index (χ1n) is 8.63. The van der Waals surface area contributed by atoms with Crippen LogP contribution >= 0.6 is 0 Å². The second-order valence-corrected chi connectivity index (χ2v) is 5.86. The fourth-order valence-electron chi connectivity index (χ4n) is 2.67. The van der Waals surface area contributed by atoms with Crippen LogP contribution in [-0.2, 0) is 16.1 Å². The molecule has 148 valence electrons. The molecule has 9 nitrogen and oxygen atoms in total. The Balaban J connectivity index is 1.78. The maximum Gasteiger partial charge on any atom is 0.274 e. The van der Waals surface area contributed by atoms with E-state index in [1.807, 2.05) is 18.2 Å².